The van der Waals surface area contributed by atoms with Crippen molar-refractivity contribution in [1.82, 2.24) is 9.35 Å². The minimum absolute atomic E-state index is 0.243. The molecule has 1 atom stereocenters. The summed E-state index contributed by atoms with van der Waals surface area (Å²) in [7, 11) is 0. The van der Waals surface area contributed by atoms with E-state index in [1.54, 1.807) is 0 Å². The number of aryl methyl sites for hydroxylation is 2. The van der Waals surface area contributed by atoms with E-state index < -0.39 is 0 Å². The summed E-state index contributed by atoms with van der Waals surface area (Å²) >= 11 is 0. The molecule has 5 aromatic rings. The second-order valence-electron chi connectivity index (χ2n) is 11.2. The quantitative estimate of drug-likeness (QED) is 0.266. The van der Waals surface area contributed by atoms with Crippen molar-refractivity contribution in [2.24, 2.45) is 0 Å². The van der Waals surface area contributed by atoms with Gasteiger partial charge in [0.05, 0.1) is 16.6 Å². The van der Waals surface area contributed by atoms with E-state index in [9.17, 15) is 0 Å². The van der Waals surface area contributed by atoms with Crippen LogP contribution in [0.25, 0.3) is 39.1 Å². The van der Waals surface area contributed by atoms with Crippen molar-refractivity contribution >= 4 is 27.9 Å². The first kappa shape index (κ1) is 22.3. The fourth-order valence-electron chi connectivity index (χ4n) is 7.04. The van der Waals surface area contributed by atoms with Gasteiger partial charge in [0, 0.05) is 46.7 Å². The lowest BCUT2D eigenvalue weighted by Crippen LogP contribution is -2.16. The molecule has 0 bridgehead atoms. The summed E-state index contributed by atoms with van der Waals surface area (Å²) in [5.41, 5.74) is 14.5. The summed E-state index contributed by atoms with van der Waals surface area (Å²) in [5, 5.41) is 2.44. The van der Waals surface area contributed by atoms with Crippen LogP contribution in [-0.2, 0) is 12.8 Å². The monoisotopic (exact) mass is 490 g/mol. The van der Waals surface area contributed by atoms with E-state index in [2.05, 4.69) is 77.1 Å². The third-order valence-corrected chi connectivity index (χ3v) is 8.93. The molecule has 5 nitrogen and oxygen atoms in total. The largest absolute Gasteiger partial charge is 0.458 e. The smallest absolute Gasteiger partial charge is 0.158 e. The number of fused-ring (bicyclic) bond motifs is 5. The molecule has 2 aromatic carbocycles. The van der Waals surface area contributed by atoms with Crippen LogP contribution < -0.4 is 11.7 Å². The van der Waals surface area contributed by atoms with Gasteiger partial charge in [-0.2, -0.15) is 0 Å². The third kappa shape index (κ3) is 2.80. The molecule has 1 unspecified atom stereocenters. The second kappa shape index (κ2) is 7.58. The molecule has 7 rings (SSSR count). The maximum Gasteiger partial charge on any atom is 0.158 e. The van der Waals surface area contributed by atoms with Gasteiger partial charge in [-0.05, 0) is 60.1 Å². The van der Waals surface area contributed by atoms with Gasteiger partial charge in [0.25, 0.3) is 0 Å². The summed E-state index contributed by atoms with van der Waals surface area (Å²) in [6.45, 7) is 11.1. The third-order valence-electron chi connectivity index (χ3n) is 8.93. The van der Waals surface area contributed by atoms with Crippen LogP contribution in [0.3, 0.4) is 0 Å². The molecule has 5 heteroatoms. The van der Waals surface area contributed by atoms with Crippen molar-refractivity contribution in [1.29, 1.82) is 0 Å². The first-order chi connectivity index (χ1) is 17.8. The maximum atomic E-state index is 6.69. The highest BCUT2D eigenvalue weighted by Crippen LogP contribution is 2.51. The minimum Gasteiger partial charge on any atom is -0.458 e. The summed E-state index contributed by atoms with van der Waals surface area (Å²) in [6, 6.07) is 11.2. The zero-order valence-electron chi connectivity index (χ0n) is 22.3. The van der Waals surface area contributed by atoms with Gasteiger partial charge in [0.2, 0.25) is 0 Å². The lowest BCUT2D eigenvalue weighted by atomic mass is 9.74. The Bertz CT molecular complexity index is 1790. The summed E-state index contributed by atoms with van der Waals surface area (Å²) < 4.78 is 10.2. The number of nitrogen functional groups attached to an aromatic ring is 2. The molecule has 0 fully saturated rings. The number of allylic oxidation sites excluding steroid dienone is 1. The average Bonchev–Trinajstić information content (AvgIpc) is 3.47. The van der Waals surface area contributed by atoms with Crippen molar-refractivity contribution in [3.05, 3.63) is 87.1 Å². The number of benzene rings is 2. The Kier molecular flexibility index (Phi) is 4.58. The van der Waals surface area contributed by atoms with Crippen LogP contribution in [0.5, 0.6) is 0 Å². The van der Waals surface area contributed by atoms with Crippen LogP contribution in [0.1, 0.15) is 89.7 Å². The molecule has 4 N–H and O–H groups in total. The molecule has 3 aromatic heterocycles. The summed E-state index contributed by atoms with van der Waals surface area (Å²) in [4.78, 5) is 0. The molecular weight excluding hydrogens is 456 g/mol. The van der Waals surface area contributed by atoms with Crippen LogP contribution in [0.2, 0.25) is 0 Å². The molecule has 0 spiro atoms. The van der Waals surface area contributed by atoms with E-state index in [1.807, 2.05) is 9.35 Å². The van der Waals surface area contributed by atoms with Crippen molar-refractivity contribution in [3.63, 3.8) is 0 Å². The van der Waals surface area contributed by atoms with Crippen molar-refractivity contribution in [3.8, 4) is 11.1 Å². The van der Waals surface area contributed by atoms with Gasteiger partial charge in [-0.15, -0.1) is 0 Å². The van der Waals surface area contributed by atoms with Crippen LogP contribution in [-0.4, -0.2) is 9.35 Å². The van der Waals surface area contributed by atoms with Gasteiger partial charge in [-0.25, -0.2) is 0 Å². The molecule has 0 saturated carbocycles. The number of hydrogen-bond acceptors (Lipinski definition) is 3. The van der Waals surface area contributed by atoms with E-state index in [0.717, 1.165) is 52.2 Å². The molecule has 2 aliphatic rings. The van der Waals surface area contributed by atoms with Crippen LogP contribution in [0.4, 0.5) is 0 Å². The number of hydrogen-bond donors (Lipinski definition) is 2. The highest BCUT2D eigenvalue weighted by molar-refractivity contribution is 6.05. The molecule has 0 radical (unpaired) electrons. The van der Waals surface area contributed by atoms with Gasteiger partial charge in [-0.1, -0.05) is 57.2 Å². The standard InChI is InChI=1S/C32H34N4O/c1-16(2)21-10-8-11-22-17(3)27-20(13-14-24-31(27)29(30(21)22)19(5)35(24)33)15-25-32-28(18(4)36(25)34)23-9-6-7-12-26(23)37-32/h6,8-11,13-14,16-17H,7,12,15,33-34H2,1-5H3. The average molecular weight is 491 g/mol. The zero-order valence-corrected chi connectivity index (χ0v) is 22.3. The van der Waals surface area contributed by atoms with E-state index in [-0.39, 0.29) is 5.92 Å². The summed E-state index contributed by atoms with van der Waals surface area (Å²) in [5.74, 6) is 15.1. The molecule has 0 amide bonds. The molecule has 2 aliphatic carbocycles. The van der Waals surface area contributed by atoms with E-state index >= 15 is 0 Å². The van der Waals surface area contributed by atoms with Gasteiger partial charge in [-0.3, -0.25) is 9.35 Å². The van der Waals surface area contributed by atoms with Crippen LogP contribution in [0, 0.1) is 13.8 Å². The van der Waals surface area contributed by atoms with E-state index in [4.69, 9.17) is 16.1 Å². The molecule has 3 heterocycles. The Morgan fingerprint density at radius 1 is 1.00 bits per heavy atom. The Hall–Kier alpha value is -3.86. The number of nitrogens with two attached hydrogens (primary N) is 2. The maximum absolute atomic E-state index is 6.69. The Morgan fingerprint density at radius 2 is 1.81 bits per heavy atom. The van der Waals surface area contributed by atoms with Gasteiger partial charge in [0.15, 0.2) is 5.58 Å². The highest BCUT2D eigenvalue weighted by atomic mass is 16.3. The van der Waals surface area contributed by atoms with Crippen molar-refractivity contribution in [2.45, 2.75) is 65.7 Å². The first-order valence-corrected chi connectivity index (χ1v) is 13.4. The molecular formula is C32H34N4O. The first-order valence-electron chi connectivity index (χ1n) is 13.4. The number of nitrogens with zero attached hydrogens (tertiary/aromatic N) is 2. The number of furan rings is 1. The van der Waals surface area contributed by atoms with E-state index in [0.29, 0.717) is 12.3 Å². The minimum atomic E-state index is 0.243. The van der Waals surface area contributed by atoms with Crippen molar-refractivity contribution < 1.29 is 4.42 Å². The molecule has 188 valence electrons. The predicted molar refractivity (Wildman–Crippen MR) is 153 cm³/mol. The molecule has 0 aliphatic heterocycles. The van der Waals surface area contributed by atoms with Crippen LogP contribution in [0.15, 0.2) is 40.8 Å². The van der Waals surface area contributed by atoms with Gasteiger partial charge in [0.1, 0.15) is 5.76 Å². The zero-order chi connectivity index (χ0) is 25.7. The van der Waals surface area contributed by atoms with Gasteiger partial charge < -0.3 is 16.1 Å². The second-order valence-corrected chi connectivity index (χ2v) is 11.2. The molecule has 0 saturated heterocycles. The fourth-order valence-corrected chi connectivity index (χ4v) is 7.04. The SMILES string of the molecule is Cc1c2c3c(oc2c(Cc2ccc4c5c(c(C)n4N)-c4c(C(C)C)cccc4C(C)c25)n1N)CCC=C3. The predicted octanol–water partition coefficient (Wildman–Crippen LogP) is 7.04. The van der Waals surface area contributed by atoms with Crippen LogP contribution >= 0.6 is 0 Å². The van der Waals surface area contributed by atoms with E-state index in [1.165, 1.54) is 44.3 Å². The lowest BCUT2D eigenvalue weighted by Gasteiger charge is -2.29. The van der Waals surface area contributed by atoms with Gasteiger partial charge >= 0.3 is 0 Å². The Balaban J connectivity index is 1.50. The summed E-state index contributed by atoms with van der Waals surface area (Å²) in [6.07, 6.45) is 7.10. The topological polar surface area (TPSA) is 75.0 Å². The Morgan fingerprint density at radius 3 is 2.59 bits per heavy atom. The lowest BCUT2D eigenvalue weighted by molar-refractivity contribution is 0.541. The number of aromatic nitrogens is 2. The van der Waals surface area contributed by atoms with Crippen molar-refractivity contribution in [2.75, 3.05) is 11.7 Å². The highest BCUT2D eigenvalue weighted by Gasteiger charge is 2.33. The normalized spacial score (nSPS) is 16.2. The Labute approximate surface area is 217 Å². The molecule has 37 heavy (non-hydrogen) atoms. The fraction of sp³-hybridized carbons (Fsp3) is 0.312. The number of rotatable bonds is 3.